The van der Waals surface area contributed by atoms with Crippen LogP contribution in [0.1, 0.15) is 6.92 Å². The van der Waals surface area contributed by atoms with E-state index in [0.29, 0.717) is 6.54 Å². The van der Waals surface area contributed by atoms with Crippen LogP contribution in [0, 0.1) is 0 Å². The summed E-state index contributed by atoms with van der Waals surface area (Å²) in [5.74, 6) is 0. The molecular formula is C7H15N2O6P2+. The lowest BCUT2D eigenvalue weighted by Gasteiger charge is -2.17. The molecular weight excluding hydrogens is 270 g/mol. The van der Waals surface area contributed by atoms with Crippen molar-refractivity contribution in [3.63, 3.8) is 0 Å². The van der Waals surface area contributed by atoms with Crippen molar-refractivity contribution >= 4 is 15.2 Å². The Morgan fingerprint density at radius 2 is 1.76 bits per heavy atom. The second-order valence-electron chi connectivity index (χ2n) is 3.60. The molecule has 0 radical (unpaired) electrons. The smallest absolute Gasteiger partial charge is 0.324 e. The summed E-state index contributed by atoms with van der Waals surface area (Å²) in [7, 11) is -9.71. The minimum absolute atomic E-state index is 0.429. The second kappa shape index (κ2) is 5.02. The minimum atomic E-state index is -4.86. The number of imidazole rings is 1. The quantitative estimate of drug-likeness (QED) is 0.426. The molecule has 0 aromatic carbocycles. The molecule has 0 bridgehead atoms. The first-order chi connectivity index (χ1) is 7.64. The molecule has 0 saturated carbocycles. The highest BCUT2D eigenvalue weighted by molar-refractivity contribution is 7.70. The Bertz CT molecular complexity index is 452. The molecule has 0 unspecified atom stereocenters. The fourth-order valence-electron chi connectivity index (χ4n) is 1.33. The highest BCUT2D eigenvalue weighted by atomic mass is 31.2. The molecule has 1 heterocycles. The molecule has 0 atom stereocenters. The molecule has 0 fully saturated rings. The highest BCUT2D eigenvalue weighted by Crippen LogP contribution is 2.59. The predicted molar refractivity (Wildman–Crippen MR) is 58.2 cm³/mol. The van der Waals surface area contributed by atoms with Gasteiger partial charge in [-0.15, -0.1) is 0 Å². The summed E-state index contributed by atoms with van der Waals surface area (Å²) in [6.45, 7) is 2.10. The summed E-state index contributed by atoms with van der Waals surface area (Å²) < 4.78 is 25.1. The molecule has 10 heteroatoms. The third kappa shape index (κ3) is 4.03. The van der Waals surface area contributed by atoms with Gasteiger partial charge in [-0.3, -0.25) is 9.13 Å². The van der Waals surface area contributed by atoms with Crippen LogP contribution in [0.15, 0.2) is 18.7 Å². The van der Waals surface area contributed by atoms with Crippen LogP contribution < -0.4 is 4.57 Å². The zero-order chi connectivity index (χ0) is 13.3. The largest absolute Gasteiger partial charge is 0.344 e. The Morgan fingerprint density at radius 3 is 2.12 bits per heavy atom. The summed E-state index contributed by atoms with van der Waals surface area (Å²) >= 11 is 0. The molecule has 0 amide bonds. The van der Waals surface area contributed by atoms with Gasteiger partial charge in [0, 0.05) is 0 Å². The number of hydrogen-bond acceptors (Lipinski definition) is 2. The van der Waals surface area contributed by atoms with Crippen LogP contribution in [0.2, 0.25) is 0 Å². The van der Waals surface area contributed by atoms with Crippen LogP contribution in [-0.4, -0.2) is 29.5 Å². The van der Waals surface area contributed by atoms with Crippen molar-refractivity contribution in [1.82, 2.24) is 4.57 Å². The minimum Gasteiger partial charge on any atom is -0.324 e. The number of nitrogens with zero attached hydrogens (tertiary/aromatic N) is 2. The third-order valence-corrected chi connectivity index (χ3v) is 5.95. The van der Waals surface area contributed by atoms with E-state index >= 15 is 0 Å². The van der Waals surface area contributed by atoms with Crippen molar-refractivity contribution in [2.24, 2.45) is 0 Å². The molecule has 0 spiro atoms. The van der Waals surface area contributed by atoms with Gasteiger partial charge in [0.05, 0.1) is 6.54 Å². The normalized spacial score (nSPS) is 13.3. The van der Waals surface area contributed by atoms with Crippen molar-refractivity contribution in [3.8, 4) is 0 Å². The molecule has 8 nitrogen and oxygen atoms in total. The maximum absolute atomic E-state index is 11.0. The molecule has 0 aliphatic heterocycles. The van der Waals surface area contributed by atoms with Crippen LogP contribution in [0.5, 0.6) is 0 Å². The Kier molecular flexibility index (Phi) is 4.30. The van der Waals surface area contributed by atoms with E-state index in [0.717, 1.165) is 0 Å². The predicted octanol–water partition coefficient (Wildman–Crippen LogP) is -0.523. The summed E-state index contributed by atoms with van der Waals surface area (Å²) in [5, 5.41) is -2.01. The average molecular weight is 285 g/mol. The SMILES string of the molecule is CCn1cc[n+](CC(P(=O)(O)O)P(=O)(O)O)c1. The lowest BCUT2D eigenvalue weighted by atomic mass is 10.7. The van der Waals surface area contributed by atoms with Gasteiger partial charge in [-0.2, -0.15) is 0 Å². The van der Waals surface area contributed by atoms with Crippen molar-refractivity contribution in [2.75, 3.05) is 0 Å². The van der Waals surface area contributed by atoms with E-state index < -0.39 is 27.1 Å². The number of hydrogen-bond donors (Lipinski definition) is 4. The van der Waals surface area contributed by atoms with Gasteiger partial charge in [0.1, 0.15) is 18.9 Å². The van der Waals surface area contributed by atoms with E-state index in [4.69, 9.17) is 19.6 Å². The Hall–Kier alpha value is -0.490. The van der Waals surface area contributed by atoms with E-state index in [1.54, 1.807) is 10.8 Å². The molecule has 17 heavy (non-hydrogen) atoms. The van der Waals surface area contributed by atoms with Crippen LogP contribution in [-0.2, 0) is 22.2 Å². The highest BCUT2D eigenvalue weighted by Gasteiger charge is 2.45. The van der Waals surface area contributed by atoms with E-state index in [1.807, 2.05) is 6.92 Å². The van der Waals surface area contributed by atoms with Crippen LogP contribution in [0.4, 0.5) is 0 Å². The summed E-state index contributed by atoms with van der Waals surface area (Å²) in [6.07, 6.45) is 4.68. The molecule has 4 N–H and O–H groups in total. The van der Waals surface area contributed by atoms with Crippen molar-refractivity contribution in [2.45, 2.75) is 25.4 Å². The Labute approximate surface area is 97.8 Å². The lowest BCUT2D eigenvalue weighted by molar-refractivity contribution is -0.694. The molecule has 0 saturated heterocycles. The van der Waals surface area contributed by atoms with Crippen LogP contribution in [0.25, 0.3) is 0 Å². The number of aromatic nitrogens is 2. The first-order valence-electron chi connectivity index (χ1n) is 4.80. The number of aryl methyl sites for hydroxylation is 1. The summed E-state index contributed by atoms with van der Waals surface area (Å²) in [5.41, 5.74) is 0. The third-order valence-electron chi connectivity index (χ3n) is 2.26. The standard InChI is InChI=1S/C7H14N2O6P2/c1-2-8-3-4-9(6-8)5-7(16(10,11)12)17(13,14)15/h3-4,6-7H,2,5H2,1H3,(H3-,10,11,12,13,14,15)/p+1. The van der Waals surface area contributed by atoms with Crippen molar-refractivity contribution < 1.29 is 33.3 Å². The maximum Gasteiger partial charge on any atom is 0.344 e. The van der Waals surface area contributed by atoms with Crippen molar-refractivity contribution in [3.05, 3.63) is 18.7 Å². The lowest BCUT2D eigenvalue weighted by Crippen LogP contribution is -2.37. The zero-order valence-electron chi connectivity index (χ0n) is 9.12. The van der Waals surface area contributed by atoms with E-state index in [1.165, 1.54) is 17.1 Å². The second-order valence-corrected chi connectivity index (χ2v) is 7.61. The van der Waals surface area contributed by atoms with Gasteiger partial charge in [-0.05, 0) is 6.92 Å². The maximum atomic E-state index is 11.0. The van der Waals surface area contributed by atoms with Gasteiger partial charge in [0.15, 0.2) is 5.40 Å². The zero-order valence-corrected chi connectivity index (χ0v) is 10.9. The first-order valence-corrected chi connectivity index (χ1v) is 8.16. The van der Waals surface area contributed by atoms with Crippen LogP contribution >= 0.6 is 15.2 Å². The molecule has 1 aromatic heterocycles. The fourth-order valence-corrected chi connectivity index (χ4v) is 3.70. The Balaban J connectivity index is 2.95. The van der Waals surface area contributed by atoms with Gasteiger partial charge in [0.25, 0.3) is 0 Å². The van der Waals surface area contributed by atoms with Gasteiger partial charge in [0.2, 0.25) is 6.33 Å². The molecule has 0 aliphatic rings. The first kappa shape index (κ1) is 14.6. The Morgan fingerprint density at radius 1 is 1.24 bits per heavy atom. The van der Waals surface area contributed by atoms with Gasteiger partial charge in [-0.1, -0.05) is 0 Å². The van der Waals surface area contributed by atoms with Gasteiger partial charge in [-0.25, -0.2) is 9.13 Å². The van der Waals surface area contributed by atoms with E-state index in [9.17, 15) is 9.13 Å². The summed E-state index contributed by atoms with van der Waals surface area (Å²) in [4.78, 5) is 35.7. The molecule has 1 aromatic rings. The molecule has 98 valence electrons. The molecule has 0 aliphatic carbocycles. The summed E-state index contributed by atoms with van der Waals surface area (Å²) in [6, 6.07) is 0. The fraction of sp³-hybridized carbons (Fsp3) is 0.571. The molecule has 1 rings (SSSR count). The topological polar surface area (TPSA) is 124 Å². The van der Waals surface area contributed by atoms with E-state index in [2.05, 4.69) is 0 Å². The van der Waals surface area contributed by atoms with Crippen molar-refractivity contribution in [1.29, 1.82) is 0 Å². The average Bonchev–Trinajstić information content (AvgIpc) is 2.58. The van der Waals surface area contributed by atoms with E-state index in [-0.39, 0.29) is 0 Å². The van der Waals surface area contributed by atoms with Gasteiger partial charge < -0.3 is 19.6 Å². The van der Waals surface area contributed by atoms with Gasteiger partial charge >= 0.3 is 15.2 Å². The monoisotopic (exact) mass is 285 g/mol. The number of rotatable bonds is 5. The van der Waals surface area contributed by atoms with Crippen LogP contribution in [0.3, 0.4) is 0 Å².